The van der Waals surface area contributed by atoms with E-state index >= 15 is 0 Å². The summed E-state index contributed by atoms with van der Waals surface area (Å²) in [6.07, 6.45) is 5.86. The molecule has 13 heavy (non-hydrogen) atoms. The molecular weight excluding hydrogens is 178 g/mol. The lowest BCUT2D eigenvalue weighted by molar-refractivity contribution is 0.500. The number of nitrogens with one attached hydrogen (secondary N) is 1. The predicted molar refractivity (Wildman–Crippen MR) is 62.4 cm³/mol. The lowest BCUT2D eigenvalue weighted by Gasteiger charge is -2.10. The van der Waals surface area contributed by atoms with E-state index in [1.807, 2.05) is 0 Å². The smallest absolute Gasteiger partial charge is 0.00606 e. The summed E-state index contributed by atoms with van der Waals surface area (Å²) in [6, 6.07) is 0. The maximum atomic E-state index is 3.56. The Hall–Kier alpha value is 0.310. The summed E-state index contributed by atoms with van der Waals surface area (Å²) in [4.78, 5) is 0. The lowest BCUT2D eigenvalue weighted by atomic mass is 10.1. The number of rotatable bonds is 6. The van der Waals surface area contributed by atoms with Gasteiger partial charge in [0.25, 0.3) is 0 Å². The lowest BCUT2D eigenvalue weighted by Crippen LogP contribution is -2.23. The maximum Gasteiger partial charge on any atom is 0.00606 e. The summed E-state index contributed by atoms with van der Waals surface area (Å²) in [5.74, 6) is 2.26. The molecule has 0 bridgehead atoms. The maximum absolute atomic E-state index is 3.56. The van der Waals surface area contributed by atoms with Crippen molar-refractivity contribution in [2.75, 3.05) is 18.8 Å². The van der Waals surface area contributed by atoms with Crippen LogP contribution in [0.3, 0.4) is 0 Å². The van der Waals surface area contributed by atoms with Crippen LogP contribution in [0.4, 0.5) is 0 Å². The van der Waals surface area contributed by atoms with Crippen molar-refractivity contribution in [3.63, 3.8) is 0 Å². The average Bonchev–Trinajstić information content (AvgIpc) is 2.55. The van der Waals surface area contributed by atoms with E-state index in [1.165, 1.54) is 44.5 Å². The van der Waals surface area contributed by atoms with Crippen LogP contribution in [-0.4, -0.2) is 24.1 Å². The highest BCUT2D eigenvalue weighted by Crippen LogP contribution is 2.23. The van der Waals surface area contributed by atoms with Gasteiger partial charge in [0.2, 0.25) is 0 Å². The predicted octanol–water partition coefficient (Wildman–Crippen LogP) is 2.91. The van der Waals surface area contributed by atoms with Gasteiger partial charge in [0, 0.05) is 12.3 Å². The second kappa shape index (κ2) is 6.72. The van der Waals surface area contributed by atoms with Gasteiger partial charge < -0.3 is 5.32 Å². The minimum atomic E-state index is 0.785. The topological polar surface area (TPSA) is 12.0 Å². The second-order valence-electron chi connectivity index (χ2n) is 4.27. The van der Waals surface area contributed by atoms with E-state index in [0.29, 0.717) is 0 Å². The highest BCUT2D eigenvalue weighted by atomic mass is 32.2. The molecule has 0 spiro atoms. The van der Waals surface area contributed by atoms with Gasteiger partial charge in [-0.2, -0.15) is 11.8 Å². The van der Waals surface area contributed by atoms with Crippen LogP contribution in [0.1, 0.15) is 39.5 Å². The van der Waals surface area contributed by atoms with Gasteiger partial charge in [0.1, 0.15) is 0 Å². The molecule has 1 rings (SSSR count). The summed E-state index contributed by atoms with van der Waals surface area (Å²) in [5.41, 5.74) is 0. The molecular formula is C11H23NS. The van der Waals surface area contributed by atoms with Gasteiger partial charge in [0.15, 0.2) is 0 Å². The van der Waals surface area contributed by atoms with Crippen LogP contribution >= 0.6 is 11.8 Å². The van der Waals surface area contributed by atoms with Gasteiger partial charge in [-0.25, -0.2) is 0 Å². The fourth-order valence-corrected chi connectivity index (χ4v) is 2.62. The van der Waals surface area contributed by atoms with Gasteiger partial charge in [0.05, 0.1) is 0 Å². The Morgan fingerprint density at radius 2 is 2.00 bits per heavy atom. The fourth-order valence-electron chi connectivity index (χ4n) is 1.89. The molecule has 1 N–H and O–H groups in total. The van der Waals surface area contributed by atoms with Crippen LogP contribution in [0.15, 0.2) is 0 Å². The molecule has 0 atom stereocenters. The minimum absolute atomic E-state index is 0.785. The summed E-state index contributed by atoms with van der Waals surface area (Å²) in [7, 11) is 0. The Balaban J connectivity index is 1.83. The molecule has 1 saturated carbocycles. The van der Waals surface area contributed by atoms with Crippen molar-refractivity contribution in [2.45, 2.75) is 44.8 Å². The van der Waals surface area contributed by atoms with Crippen molar-refractivity contribution in [3.8, 4) is 0 Å². The third kappa shape index (κ3) is 5.58. The second-order valence-corrected chi connectivity index (χ2v) is 5.96. The summed E-state index contributed by atoms with van der Waals surface area (Å²) in [6.45, 7) is 6.99. The Morgan fingerprint density at radius 3 is 2.62 bits per heavy atom. The van der Waals surface area contributed by atoms with Crippen LogP contribution < -0.4 is 5.32 Å². The first-order valence-electron chi connectivity index (χ1n) is 5.61. The highest BCUT2D eigenvalue weighted by Gasteiger charge is 2.13. The van der Waals surface area contributed by atoms with Gasteiger partial charge in [-0.15, -0.1) is 0 Å². The minimum Gasteiger partial charge on any atom is -0.316 e. The SMILES string of the molecule is CC(C)SCCNCC1CCCC1. The quantitative estimate of drug-likeness (QED) is 0.663. The molecule has 0 amide bonds. The van der Waals surface area contributed by atoms with Gasteiger partial charge >= 0.3 is 0 Å². The molecule has 1 aliphatic rings. The third-order valence-electron chi connectivity index (χ3n) is 2.64. The Kier molecular flexibility index (Phi) is 5.88. The van der Waals surface area contributed by atoms with Crippen LogP contribution in [0, 0.1) is 5.92 Å². The molecule has 1 aliphatic carbocycles. The molecule has 0 radical (unpaired) electrons. The molecule has 0 saturated heterocycles. The van der Waals surface area contributed by atoms with Crippen molar-refractivity contribution in [2.24, 2.45) is 5.92 Å². The first-order valence-corrected chi connectivity index (χ1v) is 6.66. The van der Waals surface area contributed by atoms with Gasteiger partial charge in [-0.1, -0.05) is 26.7 Å². The normalized spacial score (nSPS) is 18.7. The molecule has 78 valence electrons. The Bertz CT molecular complexity index is 119. The van der Waals surface area contributed by atoms with Gasteiger partial charge in [-0.3, -0.25) is 0 Å². The monoisotopic (exact) mass is 201 g/mol. The largest absolute Gasteiger partial charge is 0.316 e. The number of hydrogen-bond donors (Lipinski definition) is 1. The zero-order valence-electron chi connectivity index (χ0n) is 9.01. The molecule has 1 nitrogen and oxygen atoms in total. The molecule has 1 fully saturated rings. The molecule has 0 aromatic heterocycles. The van der Waals surface area contributed by atoms with E-state index in [2.05, 4.69) is 30.9 Å². The van der Waals surface area contributed by atoms with E-state index in [0.717, 1.165) is 11.2 Å². The molecule has 0 aliphatic heterocycles. The van der Waals surface area contributed by atoms with E-state index in [1.54, 1.807) is 0 Å². The van der Waals surface area contributed by atoms with Crippen molar-refractivity contribution in [3.05, 3.63) is 0 Å². The van der Waals surface area contributed by atoms with Crippen molar-refractivity contribution in [1.29, 1.82) is 0 Å². The number of thioether (sulfide) groups is 1. The molecule has 0 aromatic rings. The molecule has 0 aromatic carbocycles. The van der Waals surface area contributed by atoms with E-state index in [9.17, 15) is 0 Å². The van der Waals surface area contributed by atoms with Crippen molar-refractivity contribution < 1.29 is 0 Å². The van der Waals surface area contributed by atoms with Gasteiger partial charge in [-0.05, 0) is 30.6 Å². The Labute approximate surface area is 87.1 Å². The van der Waals surface area contributed by atoms with E-state index in [-0.39, 0.29) is 0 Å². The van der Waals surface area contributed by atoms with E-state index < -0.39 is 0 Å². The summed E-state index contributed by atoms with van der Waals surface area (Å²) < 4.78 is 0. The van der Waals surface area contributed by atoms with Crippen molar-refractivity contribution in [1.82, 2.24) is 5.32 Å². The standard InChI is InChI=1S/C11H23NS/c1-10(2)13-8-7-12-9-11-5-3-4-6-11/h10-12H,3-9H2,1-2H3. The fraction of sp³-hybridized carbons (Fsp3) is 1.00. The molecule has 0 unspecified atom stereocenters. The molecule has 2 heteroatoms. The third-order valence-corrected chi connectivity index (χ3v) is 3.74. The first-order chi connectivity index (χ1) is 6.29. The van der Waals surface area contributed by atoms with Crippen LogP contribution in [0.25, 0.3) is 0 Å². The summed E-state index contributed by atoms with van der Waals surface area (Å²) >= 11 is 2.05. The zero-order chi connectivity index (χ0) is 9.52. The van der Waals surface area contributed by atoms with E-state index in [4.69, 9.17) is 0 Å². The summed E-state index contributed by atoms with van der Waals surface area (Å²) in [5, 5.41) is 4.35. The zero-order valence-corrected chi connectivity index (χ0v) is 9.83. The first kappa shape index (κ1) is 11.4. The Morgan fingerprint density at radius 1 is 1.31 bits per heavy atom. The van der Waals surface area contributed by atoms with Crippen LogP contribution in [-0.2, 0) is 0 Å². The van der Waals surface area contributed by atoms with Crippen LogP contribution in [0.2, 0.25) is 0 Å². The van der Waals surface area contributed by atoms with Crippen molar-refractivity contribution >= 4 is 11.8 Å². The average molecular weight is 201 g/mol. The number of hydrogen-bond acceptors (Lipinski definition) is 2. The molecule has 0 heterocycles. The highest BCUT2D eigenvalue weighted by molar-refractivity contribution is 7.99. The van der Waals surface area contributed by atoms with Crippen LogP contribution in [0.5, 0.6) is 0 Å².